The molecule has 1 N–H and O–H groups in total. The molecule has 1 aromatic rings. The van der Waals surface area contributed by atoms with E-state index in [-0.39, 0.29) is 0 Å². The van der Waals surface area contributed by atoms with Crippen molar-refractivity contribution < 1.29 is 4.74 Å². The van der Waals surface area contributed by atoms with E-state index in [4.69, 9.17) is 4.74 Å². The van der Waals surface area contributed by atoms with Crippen LogP contribution in [0.1, 0.15) is 43.1 Å². The van der Waals surface area contributed by atoms with Gasteiger partial charge in [-0.15, -0.1) is 0 Å². The predicted octanol–water partition coefficient (Wildman–Crippen LogP) is 2.37. The van der Waals surface area contributed by atoms with Gasteiger partial charge in [-0.2, -0.15) is 5.10 Å². The lowest BCUT2D eigenvalue weighted by Gasteiger charge is -2.17. The fourth-order valence-electron chi connectivity index (χ4n) is 2.61. The lowest BCUT2D eigenvalue weighted by Crippen LogP contribution is -2.29. The Morgan fingerprint density at radius 1 is 1.32 bits per heavy atom. The quantitative estimate of drug-likeness (QED) is 0.698. The SMILES string of the molecule is CCNC(CCCOC)CCc1c(C)nn(C)c1C. The van der Waals surface area contributed by atoms with Gasteiger partial charge < -0.3 is 10.1 Å². The number of aryl methyl sites for hydroxylation is 2. The minimum Gasteiger partial charge on any atom is -0.385 e. The maximum absolute atomic E-state index is 5.13. The maximum Gasteiger partial charge on any atom is 0.0628 e. The third kappa shape index (κ3) is 4.96. The molecule has 0 aliphatic rings. The van der Waals surface area contributed by atoms with Crippen molar-refractivity contribution in [1.82, 2.24) is 15.1 Å². The highest BCUT2D eigenvalue weighted by molar-refractivity contribution is 5.24. The minimum atomic E-state index is 0.583. The van der Waals surface area contributed by atoms with Crippen molar-refractivity contribution in [2.75, 3.05) is 20.3 Å². The summed E-state index contributed by atoms with van der Waals surface area (Å²) in [6.07, 6.45) is 4.58. The molecule has 0 saturated carbocycles. The van der Waals surface area contributed by atoms with E-state index in [1.807, 2.05) is 11.7 Å². The molecule has 0 aliphatic carbocycles. The van der Waals surface area contributed by atoms with Crippen molar-refractivity contribution in [1.29, 1.82) is 0 Å². The molecule has 4 nitrogen and oxygen atoms in total. The summed E-state index contributed by atoms with van der Waals surface area (Å²) < 4.78 is 7.12. The molecular weight excluding hydrogens is 238 g/mol. The average Bonchev–Trinajstić information content (AvgIpc) is 2.61. The zero-order valence-corrected chi connectivity index (χ0v) is 13.1. The molecule has 0 spiro atoms. The minimum absolute atomic E-state index is 0.583. The highest BCUT2D eigenvalue weighted by Gasteiger charge is 2.12. The number of hydrogen-bond donors (Lipinski definition) is 1. The van der Waals surface area contributed by atoms with E-state index < -0.39 is 0 Å². The second-order valence-corrected chi connectivity index (χ2v) is 5.20. The Kier molecular flexibility index (Phi) is 7.10. The van der Waals surface area contributed by atoms with Gasteiger partial charge in [0.25, 0.3) is 0 Å². The molecule has 1 heterocycles. The molecule has 0 saturated heterocycles. The van der Waals surface area contributed by atoms with Crippen molar-refractivity contribution in [3.05, 3.63) is 17.0 Å². The highest BCUT2D eigenvalue weighted by Crippen LogP contribution is 2.16. The standard InChI is InChI=1S/C15H29N3O/c1-6-16-14(8-7-11-19-5)9-10-15-12(2)17-18(4)13(15)3/h14,16H,6-11H2,1-5H3. The van der Waals surface area contributed by atoms with Crippen LogP contribution < -0.4 is 5.32 Å². The van der Waals surface area contributed by atoms with E-state index in [9.17, 15) is 0 Å². The van der Waals surface area contributed by atoms with Gasteiger partial charge >= 0.3 is 0 Å². The van der Waals surface area contributed by atoms with Crippen molar-refractivity contribution in [2.45, 2.75) is 52.5 Å². The molecule has 0 bridgehead atoms. The lowest BCUT2D eigenvalue weighted by molar-refractivity contribution is 0.188. The van der Waals surface area contributed by atoms with Crippen LogP contribution in [0, 0.1) is 13.8 Å². The van der Waals surface area contributed by atoms with Crippen LogP contribution in [0.3, 0.4) is 0 Å². The average molecular weight is 267 g/mol. The molecule has 110 valence electrons. The third-order valence-electron chi connectivity index (χ3n) is 3.80. The first-order chi connectivity index (χ1) is 9.10. The molecule has 0 fully saturated rings. The highest BCUT2D eigenvalue weighted by atomic mass is 16.5. The van der Waals surface area contributed by atoms with Crippen molar-refractivity contribution in [2.24, 2.45) is 7.05 Å². The summed E-state index contributed by atoms with van der Waals surface area (Å²) in [5.74, 6) is 0. The van der Waals surface area contributed by atoms with Crippen molar-refractivity contribution >= 4 is 0 Å². The van der Waals surface area contributed by atoms with Crippen LogP contribution in [0.2, 0.25) is 0 Å². The molecular formula is C15H29N3O. The number of nitrogens with zero attached hydrogens (tertiary/aromatic N) is 2. The number of nitrogens with one attached hydrogen (secondary N) is 1. The van der Waals surface area contributed by atoms with Gasteiger partial charge in [-0.1, -0.05) is 6.92 Å². The fraction of sp³-hybridized carbons (Fsp3) is 0.800. The topological polar surface area (TPSA) is 39.1 Å². The first-order valence-corrected chi connectivity index (χ1v) is 7.31. The van der Waals surface area contributed by atoms with E-state index in [1.54, 1.807) is 7.11 Å². The molecule has 0 radical (unpaired) electrons. The molecule has 1 rings (SSSR count). The van der Waals surface area contributed by atoms with Gasteiger partial charge in [0.15, 0.2) is 0 Å². The normalized spacial score (nSPS) is 12.9. The summed E-state index contributed by atoms with van der Waals surface area (Å²) in [5, 5.41) is 8.06. The van der Waals surface area contributed by atoms with Crippen LogP contribution in [-0.4, -0.2) is 36.1 Å². The molecule has 4 heteroatoms. The van der Waals surface area contributed by atoms with Crippen LogP contribution >= 0.6 is 0 Å². The van der Waals surface area contributed by atoms with Gasteiger partial charge in [-0.25, -0.2) is 0 Å². The number of ether oxygens (including phenoxy) is 1. The summed E-state index contributed by atoms with van der Waals surface area (Å²) in [5.41, 5.74) is 3.88. The van der Waals surface area contributed by atoms with Gasteiger partial charge in [-0.3, -0.25) is 4.68 Å². The Morgan fingerprint density at radius 3 is 2.58 bits per heavy atom. The zero-order valence-electron chi connectivity index (χ0n) is 13.1. The van der Waals surface area contributed by atoms with E-state index in [0.717, 1.165) is 26.0 Å². The number of methoxy groups -OCH3 is 1. The van der Waals surface area contributed by atoms with Crippen molar-refractivity contribution in [3.8, 4) is 0 Å². The first kappa shape index (κ1) is 16.2. The zero-order chi connectivity index (χ0) is 14.3. The van der Waals surface area contributed by atoms with Gasteiger partial charge in [0.2, 0.25) is 0 Å². The Hall–Kier alpha value is -0.870. The number of aromatic nitrogens is 2. The predicted molar refractivity (Wildman–Crippen MR) is 79.6 cm³/mol. The molecule has 1 aromatic heterocycles. The summed E-state index contributed by atoms with van der Waals surface area (Å²) in [7, 11) is 3.79. The Balaban J connectivity index is 2.50. The summed E-state index contributed by atoms with van der Waals surface area (Å²) in [6.45, 7) is 8.32. The molecule has 1 atom stereocenters. The molecule has 0 amide bonds. The molecule has 19 heavy (non-hydrogen) atoms. The van der Waals surface area contributed by atoms with Crippen LogP contribution in [0.15, 0.2) is 0 Å². The van der Waals surface area contributed by atoms with E-state index in [0.29, 0.717) is 6.04 Å². The van der Waals surface area contributed by atoms with E-state index >= 15 is 0 Å². The largest absolute Gasteiger partial charge is 0.385 e. The lowest BCUT2D eigenvalue weighted by atomic mass is 10.0. The van der Waals surface area contributed by atoms with Gasteiger partial charge in [-0.05, 0) is 51.6 Å². The van der Waals surface area contributed by atoms with Gasteiger partial charge in [0.05, 0.1) is 5.69 Å². The molecule has 0 aliphatic heterocycles. The third-order valence-corrected chi connectivity index (χ3v) is 3.80. The monoisotopic (exact) mass is 267 g/mol. The second kappa shape index (κ2) is 8.33. The van der Waals surface area contributed by atoms with Crippen LogP contribution in [0.25, 0.3) is 0 Å². The summed E-state index contributed by atoms with van der Waals surface area (Å²) in [4.78, 5) is 0. The Labute approximate surface area is 117 Å². The van der Waals surface area contributed by atoms with Gasteiger partial charge in [0.1, 0.15) is 0 Å². The van der Waals surface area contributed by atoms with Crippen molar-refractivity contribution in [3.63, 3.8) is 0 Å². The Morgan fingerprint density at radius 2 is 2.05 bits per heavy atom. The molecule has 1 unspecified atom stereocenters. The number of rotatable bonds is 9. The maximum atomic E-state index is 5.13. The van der Waals surface area contributed by atoms with Crippen LogP contribution in [0.5, 0.6) is 0 Å². The second-order valence-electron chi connectivity index (χ2n) is 5.20. The van der Waals surface area contributed by atoms with Crippen LogP contribution in [0.4, 0.5) is 0 Å². The van der Waals surface area contributed by atoms with E-state index in [2.05, 4.69) is 31.2 Å². The molecule has 0 aromatic carbocycles. The number of hydrogen-bond acceptors (Lipinski definition) is 3. The summed E-state index contributed by atoms with van der Waals surface area (Å²) >= 11 is 0. The van der Waals surface area contributed by atoms with E-state index in [1.165, 1.54) is 29.8 Å². The summed E-state index contributed by atoms with van der Waals surface area (Å²) in [6, 6.07) is 0.583. The first-order valence-electron chi connectivity index (χ1n) is 7.31. The van der Waals surface area contributed by atoms with Gasteiger partial charge in [0, 0.05) is 32.5 Å². The smallest absolute Gasteiger partial charge is 0.0628 e. The Bertz CT molecular complexity index is 374. The fourth-order valence-corrected chi connectivity index (χ4v) is 2.61. The van der Waals surface area contributed by atoms with Crippen LogP contribution in [-0.2, 0) is 18.2 Å².